The molecule has 1 spiro atoms. The number of carbonyl (C=O) groups excluding carboxylic acids is 1. The number of aromatic nitrogens is 1. The van der Waals surface area contributed by atoms with Crippen molar-refractivity contribution in [2.45, 2.75) is 37.6 Å². The van der Waals surface area contributed by atoms with E-state index in [0.29, 0.717) is 29.4 Å². The Bertz CT molecular complexity index is 1050. The molecule has 5 rings (SSSR count). The van der Waals surface area contributed by atoms with E-state index in [4.69, 9.17) is 16.0 Å². The van der Waals surface area contributed by atoms with Gasteiger partial charge in [-0.15, -0.1) is 0 Å². The van der Waals surface area contributed by atoms with Gasteiger partial charge in [0.25, 0.3) is 0 Å². The minimum Gasteiger partial charge on any atom is -0.440 e. The van der Waals surface area contributed by atoms with Gasteiger partial charge in [-0.25, -0.2) is 17.7 Å². The van der Waals surface area contributed by atoms with Gasteiger partial charge in [-0.2, -0.15) is 0 Å². The first-order chi connectivity index (χ1) is 13.2. The van der Waals surface area contributed by atoms with E-state index < -0.39 is 10.0 Å². The number of hydrogen-bond acceptors (Lipinski definition) is 5. The van der Waals surface area contributed by atoms with Crippen LogP contribution < -0.4 is 5.32 Å². The van der Waals surface area contributed by atoms with Gasteiger partial charge in [-0.1, -0.05) is 11.6 Å². The van der Waals surface area contributed by atoms with Crippen molar-refractivity contribution >= 4 is 38.6 Å². The van der Waals surface area contributed by atoms with Gasteiger partial charge in [0.05, 0.1) is 12.2 Å². The molecule has 1 N–H and O–H groups in total. The molecule has 9 heteroatoms. The normalized spacial score (nSPS) is 30.6. The molecule has 7 nitrogen and oxygen atoms in total. The summed E-state index contributed by atoms with van der Waals surface area (Å²) < 4.78 is 30.0. The van der Waals surface area contributed by atoms with Crippen LogP contribution in [0.2, 0.25) is 5.02 Å². The van der Waals surface area contributed by atoms with Gasteiger partial charge >= 0.3 is 0 Å². The van der Waals surface area contributed by atoms with Crippen molar-refractivity contribution in [3.8, 4) is 0 Å². The van der Waals surface area contributed by atoms with Gasteiger partial charge in [-0.05, 0) is 49.3 Å². The van der Waals surface area contributed by atoms with E-state index in [1.807, 2.05) is 12.1 Å². The van der Waals surface area contributed by atoms with E-state index in [1.54, 1.807) is 6.07 Å². The number of fused-ring (bicyclic) bond motifs is 1. The molecule has 1 amide bonds. The molecule has 0 bridgehead atoms. The Morgan fingerprint density at radius 3 is 2.68 bits per heavy atom. The van der Waals surface area contributed by atoms with Crippen LogP contribution in [0.25, 0.3) is 11.1 Å². The topological polar surface area (TPSA) is 92.5 Å². The molecule has 2 aromatic rings. The van der Waals surface area contributed by atoms with Crippen LogP contribution in [0.4, 0.5) is 0 Å². The van der Waals surface area contributed by atoms with Gasteiger partial charge in [-0.3, -0.25) is 4.79 Å². The standard InChI is InChI=1S/C19H22ClN3O4S/c1-28(25,26)23-9-12(10-23)17(24)21-14-7-19(8-14)5-11(6-19)18-22-15-4-13(20)2-3-16(15)27-18/h2-4,11-12,14H,5-10H2,1H3,(H,21,24). The lowest BCUT2D eigenvalue weighted by molar-refractivity contribution is -0.132. The van der Waals surface area contributed by atoms with Gasteiger partial charge in [0.2, 0.25) is 15.9 Å². The van der Waals surface area contributed by atoms with Crippen molar-refractivity contribution in [1.82, 2.24) is 14.6 Å². The van der Waals surface area contributed by atoms with Crippen LogP contribution in [0.15, 0.2) is 22.6 Å². The van der Waals surface area contributed by atoms with Crippen molar-refractivity contribution in [2.75, 3.05) is 19.3 Å². The van der Waals surface area contributed by atoms with Gasteiger partial charge in [0.1, 0.15) is 5.52 Å². The van der Waals surface area contributed by atoms with Crippen LogP contribution in [0, 0.1) is 11.3 Å². The fraction of sp³-hybridized carbons (Fsp3) is 0.579. The lowest BCUT2D eigenvalue weighted by Gasteiger charge is -2.57. The number of amides is 1. The average molecular weight is 424 g/mol. The third-order valence-corrected chi connectivity index (χ3v) is 7.94. The molecule has 150 valence electrons. The maximum absolute atomic E-state index is 12.3. The highest BCUT2D eigenvalue weighted by molar-refractivity contribution is 7.88. The zero-order chi connectivity index (χ0) is 19.7. The number of nitrogens with zero attached hydrogens (tertiary/aromatic N) is 2. The van der Waals surface area contributed by atoms with E-state index in [2.05, 4.69) is 10.3 Å². The highest BCUT2D eigenvalue weighted by atomic mass is 35.5. The van der Waals surface area contributed by atoms with E-state index in [9.17, 15) is 13.2 Å². The van der Waals surface area contributed by atoms with Crippen LogP contribution in [-0.2, 0) is 14.8 Å². The minimum absolute atomic E-state index is 0.0218. The van der Waals surface area contributed by atoms with Crippen molar-refractivity contribution in [1.29, 1.82) is 0 Å². The van der Waals surface area contributed by atoms with Gasteiger partial charge in [0.15, 0.2) is 11.5 Å². The van der Waals surface area contributed by atoms with Crippen molar-refractivity contribution in [3.05, 3.63) is 29.1 Å². The summed E-state index contributed by atoms with van der Waals surface area (Å²) in [5.41, 5.74) is 1.85. The number of sulfonamides is 1. The molecule has 0 unspecified atom stereocenters. The fourth-order valence-electron chi connectivity index (χ4n) is 4.87. The highest BCUT2D eigenvalue weighted by Gasteiger charge is 2.55. The number of benzene rings is 1. The molecule has 28 heavy (non-hydrogen) atoms. The highest BCUT2D eigenvalue weighted by Crippen LogP contribution is 2.61. The zero-order valence-electron chi connectivity index (χ0n) is 15.5. The number of nitrogens with one attached hydrogen (secondary N) is 1. The molecule has 1 aliphatic heterocycles. The molecule has 1 saturated heterocycles. The summed E-state index contributed by atoms with van der Waals surface area (Å²) in [4.78, 5) is 16.8. The van der Waals surface area contributed by atoms with Crippen molar-refractivity contribution < 1.29 is 17.6 Å². The minimum atomic E-state index is -3.18. The zero-order valence-corrected chi connectivity index (χ0v) is 17.1. The smallest absolute Gasteiger partial charge is 0.225 e. The third kappa shape index (κ3) is 3.11. The van der Waals surface area contributed by atoms with Crippen LogP contribution in [0.1, 0.15) is 37.5 Å². The van der Waals surface area contributed by atoms with E-state index in [-0.39, 0.29) is 17.9 Å². The molecule has 3 aliphatic rings. The predicted octanol–water partition coefficient (Wildman–Crippen LogP) is 2.52. The van der Waals surface area contributed by atoms with Crippen LogP contribution >= 0.6 is 11.6 Å². The van der Waals surface area contributed by atoms with Gasteiger partial charge < -0.3 is 9.73 Å². The number of hydrogen-bond donors (Lipinski definition) is 1. The average Bonchev–Trinajstić information content (AvgIpc) is 2.87. The Kier molecular flexibility index (Phi) is 4.06. The first kappa shape index (κ1) is 18.4. The number of carbonyl (C=O) groups is 1. The summed E-state index contributed by atoms with van der Waals surface area (Å²) in [5.74, 6) is 0.877. The first-order valence-electron chi connectivity index (χ1n) is 9.52. The van der Waals surface area contributed by atoms with Crippen LogP contribution in [-0.4, -0.2) is 49.0 Å². The SMILES string of the molecule is CS(=O)(=O)N1CC(C(=O)NC2CC3(C2)CC(c2nc4cc(Cl)ccc4o2)C3)C1. The van der Waals surface area contributed by atoms with E-state index in [0.717, 1.165) is 42.7 Å². The second-order valence-electron chi connectivity index (χ2n) is 8.66. The van der Waals surface area contributed by atoms with Gasteiger partial charge in [0, 0.05) is 30.1 Å². The summed E-state index contributed by atoms with van der Waals surface area (Å²) in [6.45, 7) is 0.596. The summed E-state index contributed by atoms with van der Waals surface area (Å²) in [6.07, 6.45) is 5.19. The third-order valence-electron chi connectivity index (χ3n) is 6.47. The molecular formula is C19H22ClN3O4S. The number of rotatable bonds is 4. The largest absolute Gasteiger partial charge is 0.440 e. The maximum Gasteiger partial charge on any atom is 0.225 e. The first-order valence-corrected chi connectivity index (χ1v) is 11.7. The fourth-order valence-corrected chi connectivity index (χ4v) is 5.94. The number of oxazole rings is 1. The predicted molar refractivity (Wildman–Crippen MR) is 104 cm³/mol. The van der Waals surface area contributed by atoms with Crippen LogP contribution in [0.3, 0.4) is 0 Å². The lowest BCUT2D eigenvalue weighted by Crippen LogP contribution is -2.60. The Morgan fingerprint density at radius 1 is 1.29 bits per heavy atom. The van der Waals surface area contributed by atoms with Crippen LogP contribution in [0.5, 0.6) is 0 Å². The lowest BCUT2D eigenvalue weighted by atomic mass is 9.50. The maximum atomic E-state index is 12.3. The quantitative estimate of drug-likeness (QED) is 0.815. The molecule has 0 atom stereocenters. The Balaban J connectivity index is 1.11. The Hall–Kier alpha value is -1.64. The second kappa shape index (κ2) is 6.18. The molecule has 2 saturated carbocycles. The number of halogens is 1. The molecule has 2 heterocycles. The molecule has 1 aromatic carbocycles. The molecule has 3 fully saturated rings. The second-order valence-corrected chi connectivity index (χ2v) is 11.1. The molecular weight excluding hydrogens is 402 g/mol. The molecule has 2 aliphatic carbocycles. The summed E-state index contributed by atoms with van der Waals surface area (Å²) in [6, 6.07) is 5.67. The summed E-state index contributed by atoms with van der Waals surface area (Å²) in [7, 11) is -3.18. The molecule has 1 aromatic heterocycles. The van der Waals surface area contributed by atoms with Crippen molar-refractivity contribution in [3.63, 3.8) is 0 Å². The van der Waals surface area contributed by atoms with E-state index in [1.165, 1.54) is 10.6 Å². The molecule has 0 radical (unpaired) electrons. The Morgan fingerprint density at radius 2 is 2.00 bits per heavy atom. The van der Waals surface area contributed by atoms with Crippen molar-refractivity contribution in [2.24, 2.45) is 11.3 Å². The summed E-state index contributed by atoms with van der Waals surface area (Å²) >= 11 is 6.01. The Labute approximate surface area is 168 Å². The van der Waals surface area contributed by atoms with E-state index >= 15 is 0 Å². The monoisotopic (exact) mass is 423 g/mol. The summed E-state index contributed by atoms with van der Waals surface area (Å²) in [5, 5.41) is 3.74.